The van der Waals surface area contributed by atoms with Crippen LogP contribution in [0, 0.1) is 11.8 Å². The zero-order valence-corrected chi connectivity index (χ0v) is 12.9. The fraction of sp³-hybridized carbons (Fsp3) is 1.00. The Balaban J connectivity index is 1.60. The molecule has 0 N–H and O–H groups in total. The van der Waals surface area contributed by atoms with Gasteiger partial charge in [-0.3, -0.25) is 0 Å². The lowest BCUT2D eigenvalue weighted by Gasteiger charge is -2.19. The van der Waals surface area contributed by atoms with E-state index in [-0.39, 0.29) is 0 Å². The zero-order chi connectivity index (χ0) is 10.9. The lowest BCUT2D eigenvalue weighted by Crippen LogP contribution is -2.25. The first-order chi connectivity index (χ1) is 7.75. The molecule has 4 heteroatoms. The first-order valence-corrected chi connectivity index (χ1v) is 10.3. The fourth-order valence-corrected chi connectivity index (χ4v) is 12.8. The minimum absolute atomic E-state index is 0.966. The van der Waals surface area contributed by atoms with E-state index in [1.165, 1.54) is 11.5 Å². The maximum atomic E-state index is 2.47. The molecule has 4 aliphatic rings. The molecule has 0 nitrogen and oxygen atoms in total. The van der Waals surface area contributed by atoms with Crippen molar-refractivity contribution >= 4 is 47.0 Å². The van der Waals surface area contributed by atoms with Gasteiger partial charge in [0.2, 0.25) is 0 Å². The van der Waals surface area contributed by atoms with Gasteiger partial charge in [0.15, 0.2) is 0 Å². The highest BCUT2D eigenvalue weighted by Gasteiger charge is 2.60. The van der Waals surface area contributed by atoms with Crippen LogP contribution in [-0.2, 0) is 0 Å². The Morgan fingerprint density at radius 2 is 1.06 bits per heavy atom. The van der Waals surface area contributed by atoms with Crippen molar-refractivity contribution in [2.75, 3.05) is 11.5 Å². The first kappa shape index (κ1) is 11.2. The molecular weight excluding hydrogens is 272 g/mol. The highest BCUT2D eigenvalue weighted by molar-refractivity contribution is 8.12. The minimum atomic E-state index is 0.966. The van der Waals surface area contributed by atoms with E-state index in [2.05, 4.69) is 60.9 Å². The summed E-state index contributed by atoms with van der Waals surface area (Å²) in [6.07, 6.45) is 0. The number of hydrogen-bond acceptors (Lipinski definition) is 4. The highest BCUT2D eigenvalue weighted by atomic mass is 32.2. The van der Waals surface area contributed by atoms with Gasteiger partial charge in [0.05, 0.1) is 0 Å². The van der Waals surface area contributed by atoms with Crippen molar-refractivity contribution in [3.05, 3.63) is 0 Å². The fourth-order valence-electron chi connectivity index (χ4n) is 3.59. The van der Waals surface area contributed by atoms with Gasteiger partial charge < -0.3 is 0 Å². The molecule has 4 fully saturated rings. The van der Waals surface area contributed by atoms with Gasteiger partial charge in [-0.25, -0.2) is 0 Å². The zero-order valence-electron chi connectivity index (χ0n) is 9.67. The summed E-state index contributed by atoms with van der Waals surface area (Å²) >= 11 is 9.32. The maximum absolute atomic E-state index is 2.47. The third kappa shape index (κ3) is 1.42. The number of fused-ring (bicyclic) bond motifs is 5. The Labute approximate surface area is 115 Å². The molecule has 0 aromatic heterocycles. The van der Waals surface area contributed by atoms with Crippen LogP contribution in [0.4, 0.5) is 0 Å². The van der Waals surface area contributed by atoms with Crippen LogP contribution in [0.3, 0.4) is 0 Å². The standard InChI is InChI=1S/C12H18S4/c1-5-3-13-9-7(5)15-12-10-8(16-11(9)12)6(2)4-14-10/h5-12H,3-4H2,1-2H3. The van der Waals surface area contributed by atoms with Gasteiger partial charge in [-0.1, -0.05) is 13.8 Å². The summed E-state index contributed by atoms with van der Waals surface area (Å²) < 4.78 is 0. The summed E-state index contributed by atoms with van der Waals surface area (Å²) in [5.41, 5.74) is 0. The van der Waals surface area contributed by atoms with E-state index in [1.54, 1.807) is 0 Å². The molecule has 0 bridgehead atoms. The van der Waals surface area contributed by atoms with E-state index < -0.39 is 0 Å². The van der Waals surface area contributed by atoms with Crippen LogP contribution in [-0.4, -0.2) is 43.0 Å². The van der Waals surface area contributed by atoms with Crippen molar-refractivity contribution in [2.45, 2.75) is 45.3 Å². The molecule has 4 heterocycles. The molecule has 0 radical (unpaired) electrons. The molecule has 0 aromatic rings. The van der Waals surface area contributed by atoms with Crippen LogP contribution in [0.5, 0.6) is 0 Å². The van der Waals surface area contributed by atoms with Crippen molar-refractivity contribution in [2.24, 2.45) is 11.8 Å². The van der Waals surface area contributed by atoms with E-state index >= 15 is 0 Å². The molecule has 4 saturated heterocycles. The molecule has 8 atom stereocenters. The molecule has 0 saturated carbocycles. The van der Waals surface area contributed by atoms with Crippen molar-refractivity contribution in [1.29, 1.82) is 0 Å². The molecule has 0 aliphatic carbocycles. The van der Waals surface area contributed by atoms with Crippen molar-refractivity contribution in [1.82, 2.24) is 0 Å². The predicted octanol–water partition coefficient (Wildman–Crippen LogP) is 3.46. The Hall–Kier alpha value is 1.40. The third-order valence-electron chi connectivity index (χ3n) is 4.47. The minimum Gasteiger partial charge on any atom is -0.156 e. The Kier molecular flexibility index (Phi) is 2.77. The van der Waals surface area contributed by atoms with E-state index in [0.717, 1.165) is 43.3 Å². The van der Waals surface area contributed by atoms with E-state index in [0.29, 0.717) is 0 Å². The second-order valence-electron chi connectivity index (χ2n) is 5.68. The summed E-state index contributed by atoms with van der Waals surface area (Å²) in [4.78, 5) is 0. The van der Waals surface area contributed by atoms with Gasteiger partial charge in [-0.05, 0) is 23.3 Å². The Morgan fingerprint density at radius 3 is 1.50 bits per heavy atom. The summed E-state index contributed by atoms with van der Waals surface area (Å²) in [5, 5.41) is 5.96. The number of rotatable bonds is 0. The average Bonchev–Trinajstić information content (AvgIpc) is 2.92. The monoisotopic (exact) mass is 290 g/mol. The lowest BCUT2D eigenvalue weighted by atomic mass is 10.0. The Morgan fingerprint density at radius 1 is 0.625 bits per heavy atom. The van der Waals surface area contributed by atoms with Crippen molar-refractivity contribution < 1.29 is 0 Å². The predicted molar refractivity (Wildman–Crippen MR) is 81.2 cm³/mol. The van der Waals surface area contributed by atoms with Gasteiger partial charge in [0.25, 0.3) is 0 Å². The summed E-state index contributed by atoms with van der Waals surface area (Å²) in [5.74, 6) is 4.77. The third-order valence-corrected chi connectivity index (χ3v) is 12.7. The molecule has 16 heavy (non-hydrogen) atoms. The van der Waals surface area contributed by atoms with Crippen LogP contribution < -0.4 is 0 Å². The van der Waals surface area contributed by atoms with Gasteiger partial charge in [0, 0.05) is 31.5 Å². The van der Waals surface area contributed by atoms with Crippen LogP contribution in [0.1, 0.15) is 13.8 Å². The lowest BCUT2D eigenvalue weighted by molar-refractivity contribution is 0.629. The molecule has 4 rings (SSSR count). The summed E-state index contributed by atoms with van der Waals surface area (Å²) in [6, 6.07) is 0. The Bertz CT molecular complexity index is 277. The second-order valence-corrected chi connectivity index (χ2v) is 10.8. The van der Waals surface area contributed by atoms with Gasteiger partial charge in [-0.2, -0.15) is 47.0 Å². The van der Waals surface area contributed by atoms with Crippen LogP contribution in [0.15, 0.2) is 0 Å². The van der Waals surface area contributed by atoms with E-state index in [1.807, 2.05) is 0 Å². The normalized spacial score (nSPS) is 63.4. The summed E-state index contributed by atoms with van der Waals surface area (Å²) in [6.45, 7) is 4.94. The number of thioether (sulfide) groups is 4. The van der Waals surface area contributed by atoms with Crippen molar-refractivity contribution in [3.8, 4) is 0 Å². The SMILES string of the molecule is CC1CSC2C1SC1C3SCC(C)C3SC21. The van der Waals surface area contributed by atoms with Crippen LogP contribution in [0.2, 0.25) is 0 Å². The molecule has 0 aromatic carbocycles. The topological polar surface area (TPSA) is 0 Å². The molecule has 0 amide bonds. The van der Waals surface area contributed by atoms with Crippen LogP contribution >= 0.6 is 47.0 Å². The maximum Gasteiger partial charge on any atom is 0.0310 e. The van der Waals surface area contributed by atoms with E-state index in [9.17, 15) is 0 Å². The van der Waals surface area contributed by atoms with Gasteiger partial charge in [0.1, 0.15) is 0 Å². The van der Waals surface area contributed by atoms with E-state index in [4.69, 9.17) is 0 Å². The molecule has 4 aliphatic heterocycles. The average molecular weight is 291 g/mol. The largest absolute Gasteiger partial charge is 0.156 e. The van der Waals surface area contributed by atoms with Gasteiger partial charge in [-0.15, -0.1) is 0 Å². The molecule has 90 valence electrons. The first-order valence-electron chi connectivity index (χ1n) is 6.30. The molecular formula is C12H18S4. The quantitative estimate of drug-likeness (QED) is 0.670. The van der Waals surface area contributed by atoms with Crippen molar-refractivity contribution in [3.63, 3.8) is 0 Å². The number of hydrogen-bond donors (Lipinski definition) is 0. The molecule has 8 unspecified atom stereocenters. The van der Waals surface area contributed by atoms with Gasteiger partial charge >= 0.3 is 0 Å². The highest BCUT2D eigenvalue weighted by Crippen LogP contribution is 2.64. The smallest absolute Gasteiger partial charge is 0.0310 e. The molecule has 0 spiro atoms. The summed E-state index contributed by atoms with van der Waals surface area (Å²) in [7, 11) is 0. The van der Waals surface area contributed by atoms with Crippen LogP contribution in [0.25, 0.3) is 0 Å². The second kappa shape index (κ2) is 3.94.